The summed E-state index contributed by atoms with van der Waals surface area (Å²) in [6, 6.07) is 0.858. The van der Waals surface area contributed by atoms with Crippen molar-refractivity contribution in [2.45, 2.75) is 51.7 Å². The number of hydrogen-bond donors (Lipinski definition) is 1. The molecule has 0 unspecified atom stereocenters. The zero-order valence-corrected chi connectivity index (χ0v) is 14.2. The second-order valence-corrected chi connectivity index (χ2v) is 5.87. The second-order valence-electron chi connectivity index (χ2n) is 5.87. The molecule has 130 valence electrons. The van der Waals surface area contributed by atoms with Gasteiger partial charge in [0.15, 0.2) is 0 Å². The average Bonchev–Trinajstić information content (AvgIpc) is 2.46. The minimum atomic E-state index is -1.07. The van der Waals surface area contributed by atoms with Crippen molar-refractivity contribution in [2.75, 3.05) is 14.2 Å². The molecule has 0 saturated carbocycles. The molecule has 2 atom stereocenters. The number of methoxy groups -OCH3 is 2. The standard InChI is InChI=1S/C15H24N2O6/c1-15(2,3)23-14(20)17-11(13(19)22-5)9-10(7-6-8-16)12(18)21-4/h10-11H,6-7,9H2,1-5H3,(H,17,20)/t10-,11-/m0/s1. The van der Waals surface area contributed by atoms with Gasteiger partial charge in [0.1, 0.15) is 11.6 Å². The van der Waals surface area contributed by atoms with Gasteiger partial charge < -0.3 is 19.5 Å². The summed E-state index contributed by atoms with van der Waals surface area (Å²) in [6.45, 7) is 5.05. The van der Waals surface area contributed by atoms with Crippen molar-refractivity contribution in [3.63, 3.8) is 0 Å². The van der Waals surface area contributed by atoms with E-state index in [-0.39, 0.29) is 19.3 Å². The molecule has 0 aliphatic carbocycles. The second kappa shape index (κ2) is 9.66. The highest BCUT2D eigenvalue weighted by molar-refractivity contribution is 5.82. The van der Waals surface area contributed by atoms with E-state index in [2.05, 4.69) is 14.8 Å². The topological polar surface area (TPSA) is 115 Å². The largest absolute Gasteiger partial charge is 0.469 e. The fraction of sp³-hybridized carbons (Fsp3) is 0.733. The zero-order chi connectivity index (χ0) is 18.0. The highest BCUT2D eigenvalue weighted by Crippen LogP contribution is 2.17. The highest BCUT2D eigenvalue weighted by atomic mass is 16.6. The maximum atomic E-state index is 11.8. The maximum Gasteiger partial charge on any atom is 0.408 e. The van der Waals surface area contributed by atoms with Crippen molar-refractivity contribution in [1.82, 2.24) is 5.32 Å². The van der Waals surface area contributed by atoms with E-state index in [1.54, 1.807) is 20.8 Å². The third-order valence-corrected chi connectivity index (χ3v) is 2.84. The molecule has 0 aliphatic heterocycles. The lowest BCUT2D eigenvalue weighted by atomic mass is 9.95. The summed E-state index contributed by atoms with van der Waals surface area (Å²) < 4.78 is 14.4. The van der Waals surface area contributed by atoms with Crippen molar-refractivity contribution in [2.24, 2.45) is 5.92 Å². The first-order chi connectivity index (χ1) is 10.6. The van der Waals surface area contributed by atoms with Crippen molar-refractivity contribution in [1.29, 1.82) is 5.26 Å². The number of hydrogen-bond acceptors (Lipinski definition) is 7. The summed E-state index contributed by atoms with van der Waals surface area (Å²) >= 11 is 0. The zero-order valence-electron chi connectivity index (χ0n) is 14.2. The fourth-order valence-corrected chi connectivity index (χ4v) is 1.83. The van der Waals surface area contributed by atoms with Gasteiger partial charge in [-0.25, -0.2) is 9.59 Å². The molecule has 0 bridgehead atoms. The van der Waals surface area contributed by atoms with E-state index < -0.39 is 35.6 Å². The maximum absolute atomic E-state index is 11.8. The SMILES string of the molecule is COC(=O)[C@@H](CCC#N)C[C@H](NC(=O)OC(C)(C)C)C(=O)OC. The molecule has 0 aromatic carbocycles. The Morgan fingerprint density at radius 2 is 1.70 bits per heavy atom. The summed E-state index contributed by atoms with van der Waals surface area (Å²) in [4.78, 5) is 35.4. The molecule has 1 amide bonds. The van der Waals surface area contributed by atoms with Crippen LogP contribution in [0.15, 0.2) is 0 Å². The fourth-order valence-electron chi connectivity index (χ4n) is 1.83. The molecule has 0 rings (SSSR count). The van der Waals surface area contributed by atoms with E-state index in [9.17, 15) is 14.4 Å². The normalized spacial score (nSPS) is 13.2. The number of amides is 1. The molecular weight excluding hydrogens is 304 g/mol. The van der Waals surface area contributed by atoms with Crippen LogP contribution in [0.5, 0.6) is 0 Å². The molecule has 23 heavy (non-hydrogen) atoms. The van der Waals surface area contributed by atoms with E-state index in [0.29, 0.717) is 0 Å². The molecule has 1 N–H and O–H groups in total. The first-order valence-electron chi connectivity index (χ1n) is 7.16. The smallest absolute Gasteiger partial charge is 0.408 e. The lowest BCUT2D eigenvalue weighted by molar-refractivity contribution is -0.148. The molecule has 0 aromatic heterocycles. The van der Waals surface area contributed by atoms with Crippen LogP contribution in [-0.4, -0.2) is 43.9 Å². The van der Waals surface area contributed by atoms with Gasteiger partial charge in [-0.2, -0.15) is 5.26 Å². The first kappa shape index (κ1) is 20.7. The number of nitriles is 1. The average molecular weight is 328 g/mol. The quantitative estimate of drug-likeness (QED) is 0.556. The summed E-state index contributed by atoms with van der Waals surface area (Å²) in [5, 5.41) is 11.0. The Bertz CT molecular complexity index is 464. The molecule has 0 heterocycles. The first-order valence-corrected chi connectivity index (χ1v) is 7.16. The number of carbonyl (C=O) groups excluding carboxylic acids is 3. The van der Waals surface area contributed by atoms with Gasteiger partial charge >= 0.3 is 18.0 Å². The number of nitrogens with zero attached hydrogens (tertiary/aromatic N) is 1. The third kappa shape index (κ3) is 8.66. The van der Waals surface area contributed by atoms with Crippen LogP contribution in [-0.2, 0) is 23.8 Å². The Kier molecular flexibility index (Phi) is 8.70. The van der Waals surface area contributed by atoms with Crippen LogP contribution in [0.1, 0.15) is 40.0 Å². The predicted molar refractivity (Wildman–Crippen MR) is 80.1 cm³/mol. The number of rotatable bonds is 7. The van der Waals surface area contributed by atoms with Crippen LogP contribution in [0.25, 0.3) is 0 Å². The number of carbonyl (C=O) groups is 3. The van der Waals surface area contributed by atoms with Crippen LogP contribution in [0.4, 0.5) is 4.79 Å². The van der Waals surface area contributed by atoms with Crippen LogP contribution in [0.3, 0.4) is 0 Å². The molecular formula is C15H24N2O6. The molecule has 0 aromatic rings. The Morgan fingerprint density at radius 1 is 1.13 bits per heavy atom. The van der Waals surface area contributed by atoms with E-state index in [1.807, 2.05) is 6.07 Å². The Labute approximate surface area is 136 Å². The summed E-state index contributed by atoms with van der Waals surface area (Å²) in [6.07, 6.45) is -0.496. The molecule has 8 heteroatoms. The number of nitrogens with one attached hydrogen (secondary N) is 1. The molecule has 8 nitrogen and oxygen atoms in total. The van der Waals surface area contributed by atoms with Gasteiger partial charge in [0, 0.05) is 6.42 Å². The van der Waals surface area contributed by atoms with Gasteiger partial charge in [0.05, 0.1) is 26.2 Å². The van der Waals surface area contributed by atoms with Crippen molar-refractivity contribution < 1.29 is 28.6 Å². The van der Waals surface area contributed by atoms with Gasteiger partial charge in [0.2, 0.25) is 0 Å². The summed E-state index contributed by atoms with van der Waals surface area (Å²) in [5.74, 6) is -1.97. The monoisotopic (exact) mass is 328 g/mol. The Hall–Kier alpha value is -2.30. The lowest BCUT2D eigenvalue weighted by Crippen LogP contribution is -2.45. The lowest BCUT2D eigenvalue weighted by Gasteiger charge is -2.24. The molecule has 0 spiro atoms. The minimum Gasteiger partial charge on any atom is -0.469 e. The molecule has 0 saturated heterocycles. The van der Waals surface area contributed by atoms with Crippen molar-refractivity contribution in [3.8, 4) is 6.07 Å². The van der Waals surface area contributed by atoms with Gasteiger partial charge in [-0.05, 0) is 33.6 Å². The molecule has 0 fully saturated rings. The summed E-state index contributed by atoms with van der Waals surface area (Å²) in [5.41, 5.74) is -0.729. The predicted octanol–water partition coefficient (Wildman–Crippen LogP) is 1.54. The summed E-state index contributed by atoms with van der Waals surface area (Å²) in [7, 11) is 2.39. The molecule has 0 radical (unpaired) electrons. The number of ether oxygens (including phenoxy) is 3. The Balaban J connectivity index is 5.00. The van der Waals surface area contributed by atoms with E-state index >= 15 is 0 Å². The van der Waals surface area contributed by atoms with Gasteiger partial charge in [0.25, 0.3) is 0 Å². The van der Waals surface area contributed by atoms with Crippen LogP contribution in [0, 0.1) is 17.2 Å². The van der Waals surface area contributed by atoms with Gasteiger partial charge in [-0.15, -0.1) is 0 Å². The minimum absolute atomic E-state index is 0.0414. The highest BCUT2D eigenvalue weighted by Gasteiger charge is 2.31. The third-order valence-electron chi connectivity index (χ3n) is 2.84. The van der Waals surface area contributed by atoms with E-state index in [4.69, 9.17) is 10.00 Å². The van der Waals surface area contributed by atoms with Gasteiger partial charge in [-0.1, -0.05) is 0 Å². The van der Waals surface area contributed by atoms with Gasteiger partial charge in [-0.3, -0.25) is 4.79 Å². The van der Waals surface area contributed by atoms with Crippen LogP contribution >= 0.6 is 0 Å². The van der Waals surface area contributed by atoms with E-state index in [0.717, 1.165) is 0 Å². The van der Waals surface area contributed by atoms with Crippen LogP contribution in [0.2, 0.25) is 0 Å². The molecule has 0 aliphatic rings. The number of alkyl carbamates (subject to hydrolysis) is 1. The number of esters is 2. The van der Waals surface area contributed by atoms with Crippen molar-refractivity contribution >= 4 is 18.0 Å². The van der Waals surface area contributed by atoms with Crippen molar-refractivity contribution in [3.05, 3.63) is 0 Å². The van der Waals surface area contributed by atoms with Crippen LogP contribution < -0.4 is 5.32 Å². The van der Waals surface area contributed by atoms with E-state index in [1.165, 1.54) is 14.2 Å². The Morgan fingerprint density at radius 3 is 2.13 bits per heavy atom.